The summed E-state index contributed by atoms with van der Waals surface area (Å²) in [6.45, 7) is 6.76. The number of rotatable bonds is 6. The van der Waals surface area contributed by atoms with Crippen LogP contribution >= 0.6 is 0 Å². The molecule has 1 rings (SSSR count). The fourth-order valence-electron chi connectivity index (χ4n) is 1.78. The Balaban J connectivity index is 2.32. The number of benzene rings is 1. The van der Waals surface area contributed by atoms with Gasteiger partial charge in [0.15, 0.2) is 0 Å². The summed E-state index contributed by atoms with van der Waals surface area (Å²) >= 11 is 0. The molecule has 0 bridgehead atoms. The molecule has 0 aliphatic carbocycles. The lowest BCUT2D eigenvalue weighted by atomic mass is 9.98. The first-order valence-electron chi connectivity index (χ1n) is 6.60. The third kappa shape index (κ3) is 4.49. The predicted octanol–water partition coefficient (Wildman–Crippen LogP) is 2.28. The van der Waals surface area contributed by atoms with Crippen LogP contribution in [0.2, 0.25) is 0 Å². The molecule has 0 heterocycles. The lowest BCUT2D eigenvalue weighted by Gasteiger charge is -2.17. The third-order valence-corrected chi connectivity index (χ3v) is 3.27. The molecule has 0 aliphatic heterocycles. The summed E-state index contributed by atoms with van der Waals surface area (Å²) in [4.78, 5) is 11.7. The average molecular weight is 248 g/mol. The van der Waals surface area contributed by atoms with E-state index in [1.165, 1.54) is 5.56 Å². The Morgan fingerprint density at radius 3 is 2.39 bits per heavy atom. The van der Waals surface area contributed by atoms with E-state index in [1.807, 2.05) is 32.0 Å². The summed E-state index contributed by atoms with van der Waals surface area (Å²) in [5.74, 6) is 0.573. The standard InChI is InChI=1S/C15H24N2O/c1-11(2)14(16)15(18)17-10-9-12(3)13-7-5-4-6-8-13/h4-8,11-12,14H,9-10,16H2,1-3H3,(H,17,18)/t12?,14-/m1/s1. The van der Waals surface area contributed by atoms with Crippen LogP contribution in [-0.4, -0.2) is 18.5 Å². The zero-order valence-corrected chi connectivity index (χ0v) is 11.5. The Bertz CT molecular complexity index is 362. The van der Waals surface area contributed by atoms with E-state index in [2.05, 4.69) is 24.4 Å². The van der Waals surface area contributed by atoms with Gasteiger partial charge >= 0.3 is 0 Å². The fraction of sp³-hybridized carbons (Fsp3) is 0.533. The van der Waals surface area contributed by atoms with Gasteiger partial charge in [-0.25, -0.2) is 0 Å². The number of carbonyl (C=O) groups is 1. The second-order valence-electron chi connectivity index (χ2n) is 5.16. The molecule has 0 radical (unpaired) electrons. The van der Waals surface area contributed by atoms with Crippen molar-refractivity contribution < 1.29 is 4.79 Å². The lowest BCUT2D eigenvalue weighted by molar-refractivity contribution is -0.123. The average Bonchev–Trinajstić information content (AvgIpc) is 2.38. The van der Waals surface area contributed by atoms with Crippen LogP contribution in [0.5, 0.6) is 0 Å². The minimum Gasteiger partial charge on any atom is -0.355 e. The van der Waals surface area contributed by atoms with Gasteiger partial charge in [-0.1, -0.05) is 51.1 Å². The molecule has 3 nitrogen and oxygen atoms in total. The van der Waals surface area contributed by atoms with Gasteiger partial charge in [-0.15, -0.1) is 0 Å². The van der Waals surface area contributed by atoms with Crippen LogP contribution < -0.4 is 11.1 Å². The zero-order chi connectivity index (χ0) is 13.5. The molecule has 18 heavy (non-hydrogen) atoms. The van der Waals surface area contributed by atoms with E-state index in [0.29, 0.717) is 12.5 Å². The first-order valence-corrected chi connectivity index (χ1v) is 6.60. The maximum Gasteiger partial charge on any atom is 0.237 e. The number of hydrogen-bond donors (Lipinski definition) is 2. The van der Waals surface area contributed by atoms with Crippen LogP contribution in [0.15, 0.2) is 30.3 Å². The molecule has 0 saturated heterocycles. The van der Waals surface area contributed by atoms with Crippen molar-refractivity contribution in [3.63, 3.8) is 0 Å². The van der Waals surface area contributed by atoms with Gasteiger partial charge in [0.05, 0.1) is 6.04 Å². The van der Waals surface area contributed by atoms with Crippen LogP contribution in [0.3, 0.4) is 0 Å². The van der Waals surface area contributed by atoms with Crippen molar-refractivity contribution in [1.82, 2.24) is 5.32 Å². The van der Waals surface area contributed by atoms with Gasteiger partial charge in [-0.3, -0.25) is 4.79 Å². The summed E-state index contributed by atoms with van der Waals surface area (Å²) in [5, 5.41) is 2.90. The number of hydrogen-bond acceptors (Lipinski definition) is 2. The highest BCUT2D eigenvalue weighted by Crippen LogP contribution is 2.17. The molecule has 0 spiro atoms. The SMILES string of the molecule is CC(CCNC(=O)[C@H](N)C(C)C)c1ccccc1. The van der Waals surface area contributed by atoms with Gasteiger partial charge in [0.25, 0.3) is 0 Å². The summed E-state index contributed by atoms with van der Waals surface area (Å²) in [6.07, 6.45) is 0.931. The summed E-state index contributed by atoms with van der Waals surface area (Å²) < 4.78 is 0. The molecule has 1 aromatic rings. The molecule has 1 unspecified atom stereocenters. The van der Waals surface area contributed by atoms with Crippen molar-refractivity contribution in [3.05, 3.63) is 35.9 Å². The van der Waals surface area contributed by atoms with E-state index >= 15 is 0 Å². The van der Waals surface area contributed by atoms with Gasteiger partial charge in [-0.05, 0) is 23.8 Å². The summed E-state index contributed by atoms with van der Waals surface area (Å²) in [7, 11) is 0. The molecule has 0 aliphatic rings. The van der Waals surface area contributed by atoms with Gasteiger partial charge in [0.1, 0.15) is 0 Å². The van der Waals surface area contributed by atoms with Crippen LogP contribution in [0.1, 0.15) is 38.7 Å². The zero-order valence-electron chi connectivity index (χ0n) is 11.5. The van der Waals surface area contributed by atoms with Crippen LogP contribution in [0.25, 0.3) is 0 Å². The third-order valence-electron chi connectivity index (χ3n) is 3.27. The van der Waals surface area contributed by atoms with E-state index in [1.54, 1.807) is 0 Å². The van der Waals surface area contributed by atoms with Gasteiger partial charge in [0.2, 0.25) is 5.91 Å². The highest BCUT2D eigenvalue weighted by molar-refractivity contribution is 5.81. The maximum atomic E-state index is 11.7. The van der Waals surface area contributed by atoms with Crippen LogP contribution in [0, 0.1) is 5.92 Å². The molecule has 1 aromatic carbocycles. The van der Waals surface area contributed by atoms with Crippen molar-refractivity contribution >= 4 is 5.91 Å². The van der Waals surface area contributed by atoms with Gasteiger partial charge in [-0.2, -0.15) is 0 Å². The molecule has 0 saturated carbocycles. The Kier molecular flexibility index (Phi) is 5.86. The molecule has 0 aromatic heterocycles. The highest BCUT2D eigenvalue weighted by atomic mass is 16.2. The number of nitrogens with two attached hydrogens (primary N) is 1. The summed E-state index contributed by atoms with van der Waals surface area (Å²) in [6, 6.07) is 9.92. The second-order valence-corrected chi connectivity index (χ2v) is 5.16. The van der Waals surface area contributed by atoms with Crippen molar-refractivity contribution in [1.29, 1.82) is 0 Å². The molecular formula is C15H24N2O. The first-order chi connectivity index (χ1) is 8.52. The Labute approximate surface area is 110 Å². The second kappa shape index (κ2) is 7.17. The van der Waals surface area contributed by atoms with E-state index in [0.717, 1.165) is 6.42 Å². The molecule has 3 N–H and O–H groups in total. The predicted molar refractivity (Wildman–Crippen MR) is 75.3 cm³/mol. The van der Waals surface area contributed by atoms with Crippen LogP contribution in [0.4, 0.5) is 0 Å². The topological polar surface area (TPSA) is 55.1 Å². The van der Waals surface area contributed by atoms with Crippen LogP contribution in [-0.2, 0) is 4.79 Å². The van der Waals surface area contributed by atoms with E-state index in [4.69, 9.17) is 5.73 Å². The molecule has 2 atom stereocenters. The summed E-state index contributed by atoms with van der Waals surface area (Å²) in [5.41, 5.74) is 7.08. The first kappa shape index (κ1) is 14.7. The van der Waals surface area contributed by atoms with Gasteiger partial charge in [0, 0.05) is 6.54 Å². The molecule has 3 heteroatoms. The van der Waals surface area contributed by atoms with E-state index in [9.17, 15) is 4.79 Å². The fourth-order valence-corrected chi connectivity index (χ4v) is 1.78. The Morgan fingerprint density at radius 1 is 1.22 bits per heavy atom. The largest absolute Gasteiger partial charge is 0.355 e. The van der Waals surface area contributed by atoms with Crippen molar-refractivity contribution in [2.24, 2.45) is 11.7 Å². The van der Waals surface area contributed by atoms with E-state index < -0.39 is 6.04 Å². The maximum absolute atomic E-state index is 11.7. The van der Waals surface area contributed by atoms with Crippen molar-refractivity contribution in [3.8, 4) is 0 Å². The quantitative estimate of drug-likeness (QED) is 0.811. The lowest BCUT2D eigenvalue weighted by Crippen LogP contribution is -2.44. The molecule has 1 amide bonds. The van der Waals surface area contributed by atoms with Crippen molar-refractivity contribution in [2.75, 3.05) is 6.54 Å². The molecule has 100 valence electrons. The number of amides is 1. The smallest absolute Gasteiger partial charge is 0.237 e. The highest BCUT2D eigenvalue weighted by Gasteiger charge is 2.16. The Hall–Kier alpha value is -1.35. The van der Waals surface area contributed by atoms with Crippen molar-refractivity contribution in [2.45, 2.75) is 39.2 Å². The number of carbonyl (C=O) groups excluding carboxylic acids is 1. The van der Waals surface area contributed by atoms with Gasteiger partial charge < -0.3 is 11.1 Å². The minimum absolute atomic E-state index is 0.0507. The molecule has 0 fully saturated rings. The minimum atomic E-state index is -0.406. The monoisotopic (exact) mass is 248 g/mol. The number of nitrogens with one attached hydrogen (secondary N) is 1. The van der Waals surface area contributed by atoms with E-state index in [-0.39, 0.29) is 11.8 Å². The Morgan fingerprint density at radius 2 is 1.83 bits per heavy atom. The normalized spacial score (nSPS) is 14.3. The molecular weight excluding hydrogens is 224 g/mol.